The Hall–Kier alpha value is -1.51. The number of rotatable bonds is 5. The van der Waals surface area contributed by atoms with Crippen LogP contribution in [0.25, 0.3) is 0 Å². The molecule has 1 atom stereocenters. The fourth-order valence-corrected chi connectivity index (χ4v) is 2.77. The molecule has 1 saturated carbocycles. The molecule has 1 aromatic carbocycles. The summed E-state index contributed by atoms with van der Waals surface area (Å²) in [6, 6.07) is 7.98. The summed E-state index contributed by atoms with van der Waals surface area (Å²) in [6.07, 6.45) is 6.95. The maximum Gasteiger partial charge on any atom is 0.347 e. The lowest BCUT2D eigenvalue weighted by molar-refractivity contribution is -0.154. The zero-order valence-electron chi connectivity index (χ0n) is 12.4. The average molecular weight is 276 g/mol. The van der Waals surface area contributed by atoms with Crippen LogP contribution in [0.1, 0.15) is 63.9 Å². The van der Waals surface area contributed by atoms with Crippen molar-refractivity contribution in [2.45, 2.75) is 63.9 Å². The standard InChI is InChI=1S/C17H24O3/c1-3-17(2,16(18)19)20-15-11-9-14(10-12-15)13-7-5-4-6-8-13/h9-13H,3-8H2,1-2H3,(H,18,19). The lowest BCUT2D eigenvalue weighted by Crippen LogP contribution is -2.40. The number of hydrogen-bond donors (Lipinski definition) is 1. The predicted molar refractivity (Wildman–Crippen MR) is 79.2 cm³/mol. The molecule has 2 rings (SSSR count). The van der Waals surface area contributed by atoms with Crippen molar-refractivity contribution in [2.75, 3.05) is 0 Å². The smallest absolute Gasteiger partial charge is 0.347 e. The summed E-state index contributed by atoms with van der Waals surface area (Å²) in [5.41, 5.74) is 0.206. The summed E-state index contributed by atoms with van der Waals surface area (Å²) >= 11 is 0. The zero-order valence-corrected chi connectivity index (χ0v) is 12.4. The first-order chi connectivity index (χ1) is 9.55. The van der Waals surface area contributed by atoms with Gasteiger partial charge in [-0.05, 0) is 49.8 Å². The highest BCUT2D eigenvalue weighted by atomic mass is 16.5. The third-order valence-electron chi connectivity index (χ3n) is 4.43. The highest BCUT2D eigenvalue weighted by Gasteiger charge is 2.33. The van der Waals surface area contributed by atoms with E-state index in [9.17, 15) is 9.90 Å². The molecule has 1 unspecified atom stereocenters. The van der Waals surface area contributed by atoms with Crippen molar-refractivity contribution in [3.8, 4) is 5.75 Å². The second-order valence-electron chi connectivity index (χ2n) is 5.90. The van der Waals surface area contributed by atoms with E-state index in [4.69, 9.17) is 4.74 Å². The van der Waals surface area contributed by atoms with E-state index in [1.165, 1.54) is 37.7 Å². The summed E-state index contributed by atoms with van der Waals surface area (Å²) in [5.74, 6) is 0.377. The summed E-state index contributed by atoms with van der Waals surface area (Å²) < 4.78 is 5.66. The van der Waals surface area contributed by atoms with Crippen LogP contribution in [0.3, 0.4) is 0 Å². The number of carbonyl (C=O) groups is 1. The second-order valence-corrected chi connectivity index (χ2v) is 5.90. The van der Waals surface area contributed by atoms with E-state index in [0.717, 1.165) is 0 Å². The quantitative estimate of drug-likeness (QED) is 0.868. The maximum absolute atomic E-state index is 11.2. The Kier molecular flexibility index (Phi) is 4.69. The van der Waals surface area contributed by atoms with Gasteiger partial charge < -0.3 is 9.84 Å². The minimum atomic E-state index is -1.15. The molecule has 3 nitrogen and oxygen atoms in total. The average Bonchev–Trinajstić information content (AvgIpc) is 2.48. The molecule has 0 spiro atoms. The van der Waals surface area contributed by atoms with E-state index < -0.39 is 11.6 Å². The molecule has 0 aliphatic heterocycles. The number of carboxylic acids is 1. The van der Waals surface area contributed by atoms with Gasteiger partial charge in [-0.2, -0.15) is 0 Å². The topological polar surface area (TPSA) is 46.5 Å². The molecule has 0 radical (unpaired) electrons. The van der Waals surface area contributed by atoms with Gasteiger partial charge in [-0.3, -0.25) is 0 Å². The molecule has 0 saturated heterocycles. The summed E-state index contributed by atoms with van der Waals surface area (Å²) in [7, 11) is 0. The second kappa shape index (κ2) is 6.29. The summed E-state index contributed by atoms with van der Waals surface area (Å²) in [5, 5.41) is 9.23. The van der Waals surface area contributed by atoms with Gasteiger partial charge in [0.25, 0.3) is 0 Å². The van der Waals surface area contributed by atoms with E-state index in [1.807, 2.05) is 19.1 Å². The Balaban J connectivity index is 2.06. The molecule has 0 bridgehead atoms. The third-order valence-corrected chi connectivity index (χ3v) is 4.43. The van der Waals surface area contributed by atoms with Crippen molar-refractivity contribution < 1.29 is 14.6 Å². The Morgan fingerprint density at radius 2 is 1.85 bits per heavy atom. The zero-order chi connectivity index (χ0) is 14.6. The van der Waals surface area contributed by atoms with E-state index in [2.05, 4.69) is 12.1 Å². The maximum atomic E-state index is 11.2. The normalized spacial score (nSPS) is 19.3. The van der Waals surface area contributed by atoms with E-state index in [-0.39, 0.29) is 0 Å². The van der Waals surface area contributed by atoms with Gasteiger partial charge in [0.2, 0.25) is 5.60 Å². The number of aliphatic carboxylic acids is 1. The van der Waals surface area contributed by atoms with Crippen LogP contribution in [0.2, 0.25) is 0 Å². The predicted octanol–water partition coefficient (Wildman–Crippen LogP) is 4.37. The van der Waals surface area contributed by atoms with Gasteiger partial charge in [0, 0.05) is 0 Å². The fourth-order valence-electron chi connectivity index (χ4n) is 2.77. The lowest BCUT2D eigenvalue weighted by atomic mass is 9.84. The van der Waals surface area contributed by atoms with Crippen LogP contribution < -0.4 is 4.74 Å². The molecule has 3 heteroatoms. The molecule has 1 fully saturated rings. The molecule has 1 aromatic rings. The molecule has 110 valence electrons. The van der Waals surface area contributed by atoms with Crippen molar-refractivity contribution in [1.82, 2.24) is 0 Å². The number of ether oxygens (including phenoxy) is 1. The molecule has 1 aliphatic carbocycles. The first kappa shape index (κ1) is 14.9. The van der Waals surface area contributed by atoms with Crippen molar-refractivity contribution in [3.05, 3.63) is 29.8 Å². The molecule has 20 heavy (non-hydrogen) atoms. The lowest BCUT2D eigenvalue weighted by Gasteiger charge is -2.26. The van der Waals surface area contributed by atoms with Crippen LogP contribution in [0.4, 0.5) is 0 Å². The molecule has 1 N–H and O–H groups in total. The van der Waals surface area contributed by atoms with Crippen molar-refractivity contribution in [2.24, 2.45) is 0 Å². The van der Waals surface area contributed by atoms with Crippen LogP contribution in [0, 0.1) is 0 Å². The van der Waals surface area contributed by atoms with Gasteiger partial charge in [-0.15, -0.1) is 0 Å². The first-order valence-corrected chi connectivity index (χ1v) is 7.57. The minimum Gasteiger partial charge on any atom is -0.478 e. The molecule has 1 aliphatic rings. The van der Waals surface area contributed by atoms with Gasteiger partial charge in [0.05, 0.1) is 0 Å². The van der Waals surface area contributed by atoms with E-state index in [0.29, 0.717) is 18.1 Å². The number of hydrogen-bond acceptors (Lipinski definition) is 2. The van der Waals surface area contributed by atoms with E-state index in [1.54, 1.807) is 6.92 Å². The van der Waals surface area contributed by atoms with Crippen LogP contribution in [-0.4, -0.2) is 16.7 Å². The van der Waals surface area contributed by atoms with E-state index >= 15 is 0 Å². The fraction of sp³-hybridized carbons (Fsp3) is 0.588. The third kappa shape index (κ3) is 3.33. The van der Waals surface area contributed by atoms with Crippen LogP contribution in [0.15, 0.2) is 24.3 Å². The molecule has 0 amide bonds. The van der Waals surface area contributed by atoms with Crippen LogP contribution in [0.5, 0.6) is 5.75 Å². The highest BCUT2D eigenvalue weighted by Crippen LogP contribution is 2.33. The number of carboxylic acid groups (broad SMARTS) is 1. The molecule has 0 heterocycles. The van der Waals surface area contributed by atoms with Gasteiger partial charge in [0.15, 0.2) is 0 Å². The Bertz CT molecular complexity index is 446. The largest absolute Gasteiger partial charge is 0.478 e. The molecule has 0 aromatic heterocycles. The van der Waals surface area contributed by atoms with Crippen molar-refractivity contribution >= 4 is 5.97 Å². The Morgan fingerprint density at radius 1 is 1.25 bits per heavy atom. The van der Waals surface area contributed by atoms with Crippen molar-refractivity contribution in [3.63, 3.8) is 0 Å². The number of benzene rings is 1. The monoisotopic (exact) mass is 276 g/mol. The Labute approximate surface area is 121 Å². The molecular weight excluding hydrogens is 252 g/mol. The van der Waals surface area contributed by atoms with Gasteiger partial charge >= 0.3 is 5.97 Å². The van der Waals surface area contributed by atoms with Crippen LogP contribution >= 0.6 is 0 Å². The van der Waals surface area contributed by atoms with Gasteiger partial charge in [-0.25, -0.2) is 4.79 Å². The molecular formula is C17H24O3. The van der Waals surface area contributed by atoms with Crippen LogP contribution in [-0.2, 0) is 4.79 Å². The summed E-state index contributed by atoms with van der Waals surface area (Å²) in [6.45, 7) is 3.44. The van der Waals surface area contributed by atoms with Gasteiger partial charge in [-0.1, -0.05) is 38.3 Å². The first-order valence-electron chi connectivity index (χ1n) is 7.57. The minimum absolute atomic E-state index is 0.437. The van der Waals surface area contributed by atoms with Crippen molar-refractivity contribution in [1.29, 1.82) is 0 Å². The SMILES string of the molecule is CCC(C)(Oc1ccc(C2CCCCC2)cc1)C(=O)O. The Morgan fingerprint density at radius 3 is 2.35 bits per heavy atom. The summed E-state index contributed by atoms with van der Waals surface area (Å²) in [4.78, 5) is 11.2. The highest BCUT2D eigenvalue weighted by molar-refractivity contribution is 5.77. The van der Waals surface area contributed by atoms with Gasteiger partial charge in [0.1, 0.15) is 5.75 Å².